The van der Waals surface area contributed by atoms with Gasteiger partial charge in [-0.15, -0.1) is 0 Å². The maximum absolute atomic E-state index is 4.91. The van der Waals surface area contributed by atoms with Crippen molar-refractivity contribution in [2.75, 3.05) is 41.3 Å². The second kappa shape index (κ2) is 13.0. The van der Waals surface area contributed by atoms with Crippen molar-refractivity contribution < 1.29 is 0 Å². The molecule has 6 aromatic rings. The van der Waals surface area contributed by atoms with Crippen molar-refractivity contribution in [3.05, 3.63) is 96.1 Å². The largest absolute Gasteiger partial charge is 0.338 e. The summed E-state index contributed by atoms with van der Waals surface area (Å²) in [4.78, 5) is 21.0. The average molecular weight is 577 g/mol. The summed E-state index contributed by atoms with van der Waals surface area (Å²) in [6.45, 7) is 1.93. The van der Waals surface area contributed by atoms with Crippen LogP contribution in [0.4, 0.5) is 0 Å². The first kappa shape index (κ1) is 29.0. The van der Waals surface area contributed by atoms with Crippen LogP contribution in [-0.4, -0.2) is 71.0 Å². The lowest BCUT2D eigenvalue weighted by Crippen LogP contribution is -2.11. The molecule has 0 amide bonds. The molecule has 4 aromatic carbocycles. The summed E-state index contributed by atoms with van der Waals surface area (Å²) in [5.41, 5.74) is 10.2. The number of H-pyrrole nitrogens is 2. The maximum Gasteiger partial charge on any atom is 0.138 e. The molecule has 44 heavy (non-hydrogen) atoms. The van der Waals surface area contributed by atoms with Crippen molar-refractivity contribution in [1.29, 1.82) is 0 Å². The zero-order valence-electron chi connectivity index (χ0n) is 25.7. The van der Waals surface area contributed by atoms with Gasteiger partial charge in [0.05, 0.1) is 22.1 Å². The Bertz CT molecular complexity index is 1870. The van der Waals surface area contributed by atoms with E-state index in [0.29, 0.717) is 0 Å². The first-order valence-corrected chi connectivity index (χ1v) is 14.9. The van der Waals surface area contributed by atoms with Gasteiger partial charge in [0.2, 0.25) is 0 Å². The molecule has 6 rings (SSSR count). The van der Waals surface area contributed by atoms with E-state index < -0.39 is 0 Å². The fraction of sp³-hybridized carbons (Fsp3) is 0.211. The van der Waals surface area contributed by atoms with Crippen LogP contribution in [0.5, 0.6) is 0 Å². The van der Waals surface area contributed by atoms with Gasteiger partial charge in [0, 0.05) is 48.2 Å². The number of nitrogens with one attached hydrogen (secondary N) is 2. The first-order valence-electron chi connectivity index (χ1n) is 14.9. The van der Waals surface area contributed by atoms with Gasteiger partial charge in [0.25, 0.3) is 0 Å². The number of rotatable bonds is 7. The minimum atomic E-state index is 0.849. The third kappa shape index (κ3) is 6.90. The van der Waals surface area contributed by atoms with Crippen LogP contribution >= 0.6 is 0 Å². The number of imidazole rings is 2. The number of nitrogens with zero attached hydrogens (tertiary/aromatic N) is 4. The molecule has 0 aliphatic carbocycles. The van der Waals surface area contributed by atoms with E-state index in [1.54, 1.807) is 0 Å². The first-order chi connectivity index (χ1) is 21.4. The molecule has 0 radical (unpaired) electrons. The van der Waals surface area contributed by atoms with Crippen molar-refractivity contribution in [3.8, 4) is 57.6 Å². The number of benzene rings is 4. The molecule has 2 aromatic heterocycles. The van der Waals surface area contributed by atoms with Crippen LogP contribution < -0.4 is 0 Å². The van der Waals surface area contributed by atoms with E-state index in [4.69, 9.17) is 9.97 Å². The van der Waals surface area contributed by atoms with Crippen LogP contribution in [0.1, 0.15) is 24.0 Å². The number of aromatic amines is 2. The molecule has 0 spiro atoms. The summed E-state index contributed by atoms with van der Waals surface area (Å²) in [7, 11) is 8.25. The number of aromatic nitrogens is 4. The third-order valence-electron chi connectivity index (χ3n) is 7.45. The fourth-order valence-corrected chi connectivity index (χ4v) is 4.96. The van der Waals surface area contributed by atoms with Gasteiger partial charge in [-0.3, -0.25) is 0 Å². The lowest BCUT2D eigenvalue weighted by molar-refractivity contribution is 0.420. The monoisotopic (exact) mass is 576 g/mol. The van der Waals surface area contributed by atoms with Gasteiger partial charge < -0.3 is 19.8 Å². The summed E-state index contributed by atoms with van der Waals surface area (Å²) in [6.07, 6.45) is 1.72. The molecule has 2 heterocycles. The molecule has 218 valence electrons. The van der Waals surface area contributed by atoms with Crippen LogP contribution in [0.2, 0.25) is 0 Å². The van der Waals surface area contributed by atoms with E-state index in [1.165, 1.54) is 0 Å². The molecule has 0 aliphatic heterocycles. The summed E-state index contributed by atoms with van der Waals surface area (Å²) >= 11 is 0. The smallest absolute Gasteiger partial charge is 0.138 e. The lowest BCUT2D eigenvalue weighted by Gasteiger charge is -2.04. The summed E-state index contributed by atoms with van der Waals surface area (Å²) in [6, 6.07) is 29.2. The Morgan fingerprint density at radius 1 is 0.523 bits per heavy atom. The van der Waals surface area contributed by atoms with E-state index in [2.05, 4.69) is 157 Å². The Morgan fingerprint density at radius 3 is 1.30 bits per heavy atom. The Balaban J connectivity index is 1.18. The van der Waals surface area contributed by atoms with Gasteiger partial charge in [-0.2, -0.15) is 0 Å². The van der Waals surface area contributed by atoms with Gasteiger partial charge in [-0.25, -0.2) is 9.97 Å². The fourth-order valence-electron chi connectivity index (χ4n) is 4.96. The van der Waals surface area contributed by atoms with Crippen molar-refractivity contribution in [2.45, 2.75) is 12.8 Å². The van der Waals surface area contributed by atoms with Crippen LogP contribution in [-0.2, 0) is 0 Å². The molecule has 0 bridgehead atoms. The molecule has 0 fully saturated rings. The molecule has 6 nitrogen and oxygen atoms in total. The highest BCUT2D eigenvalue weighted by molar-refractivity contribution is 5.88. The van der Waals surface area contributed by atoms with Crippen molar-refractivity contribution in [2.24, 2.45) is 0 Å². The SMILES string of the molecule is CN(C)CCC#Cc1ccc(-c2nc3cc(-c4ccc5[nH]c(-c6ccc(C#CCCN(C)C)cc6)nc5c4)ccc3[nH]2)cc1. The van der Waals surface area contributed by atoms with E-state index in [1.807, 2.05) is 0 Å². The Labute approximate surface area is 259 Å². The zero-order chi connectivity index (χ0) is 30.5. The highest BCUT2D eigenvalue weighted by Crippen LogP contribution is 2.29. The Hall–Kier alpha value is -5.14. The molecule has 0 saturated carbocycles. The van der Waals surface area contributed by atoms with Gasteiger partial charge in [-0.05, 0) is 87.8 Å². The normalized spacial score (nSPS) is 11.1. The van der Waals surface area contributed by atoms with Gasteiger partial charge >= 0.3 is 0 Å². The van der Waals surface area contributed by atoms with E-state index in [0.717, 1.165) is 93.0 Å². The lowest BCUT2D eigenvalue weighted by atomic mass is 10.0. The Kier molecular flexibility index (Phi) is 8.57. The molecule has 0 saturated heterocycles. The van der Waals surface area contributed by atoms with Crippen LogP contribution in [0.3, 0.4) is 0 Å². The predicted molar refractivity (Wildman–Crippen MR) is 182 cm³/mol. The minimum absolute atomic E-state index is 0.849. The van der Waals surface area contributed by atoms with Crippen molar-refractivity contribution in [1.82, 2.24) is 29.7 Å². The number of fused-ring (bicyclic) bond motifs is 2. The second-order valence-electron chi connectivity index (χ2n) is 11.5. The molecule has 6 heteroatoms. The highest BCUT2D eigenvalue weighted by atomic mass is 15.0. The second-order valence-corrected chi connectivity index (χ2v) is 11.5. The maximum atomic E-state index is 4.91. The van der Waals surface area contributed by atoms with Gasteiger partial charge in [0.15, 0.2) is 0 Å². The molecular weight excluding hydrogens is 540 g/mol. The summed E-state index contributed by atoms with van der Waals surface area (Å²) < 4.78 is 0. The number of hydrogen-bond acceptors (Lipinski definition) is 4. The molecule has 2 N–H and O–H groups in total. The number of hydrogen-bond donors (Lipinski definition) is 2. The molecule has 0 unspecified atom stereocenters. The van der Waals surface area contributed by atoms with Gasteiger partial charge in [0.1, 0.15) is 11.6 Å². The minimum Gasteiger partial charge on any atom is -0.338 e. The van der Waals surface area contributed by atoms with Crippen LogP contribution in [0.15, 0.2) is 84.9 Å². The highest BCUT2D eigenvalue weighted by Gasteiger charge is 2.10. The average Bonchev–Trinajstić information content (AvgIpc) is 3.66. The third-order valence-corrected chi connectivity index (χ3v) is 7.45. The quantitative estimate of drug-likeness (QED) is 0.200. The summed E-state index contributed by atoms with van der Waals surface area (Å²) in [5, 5.41) is 0. The zero-order valence-corrected chi connectivity index (χ0v) is 25.7. The molecule has 0 aliphatic rings. The standard InChI is InChI=1S/C38H36N6/c1-43(2)23-7-5-9-27-11-15-29(16-12-27)37-39-33-21-19-31(25-35(33)41-37)32-20-22-34-36(26-32)42-38(40-34)30-17-13-28(14-18-30)10-6-8-24-44(3)4/h11-22,25-26H,7-8,23-24H2,1-4H3,(H,39,41)(H,40,42). The molecular formula is C38H36N6. The molecule has 0 atom stereocenters. The Morgan fingerprint density at radius 2 is 0.909 bits per heavy atom. The van der Waals surface area contributed by atoms with Crippen LogP contribution in [0, 0.1) is 23.7 Å². The van der Waals surface area contributed by atoms with E-state index in [9.17, 15) is 0 Å². The van der Waals surface area contributed by atoms with E-state index in [-0.39, 0.29) is 0 Å². The van der Waals surface area contributed by atoms with E-state index >= 15 is 0 Å². The van der Waals surface area contributed by atoms with Crippen molar-refractivity contribution in [3.63, 3.8) is 0 Å². The van der Waals surface area contributed by atoms with Crippen molar-refractivity contribution >= 4 is 22.1 Å². The van der Waals surface area contributed by atoms with Gasteiger partial charge in [-0.1, -0.05) is 60.1 Å². The summed E-state index contributed by atoms with van der Waals surface area (Å²) in [5.74, 6) is 14.7. The van der Waals surface area contributed by atoms with Crippen LogP contribution in [0.25, 0.3) is 56.0 Å². The predicted octanol–water partition coefficient (Wildman–Crippen LogP) is 7.05. The topological polar surface area (TPSA) is 63.8 Å².